The first-order chi connectivity index (χ1) is 9.61. The summed E-state index contributed by atoms with van der Waals surface area (Å²) >= 11 is 0. The van der Waals surface area contributed by atoms with E-state index in [4.69, 9.17) is 0 Å². The number of nitrogens with one attached hydrogen (secondary N) is 2. The Morgan fingerprint density at radius 1 is 1.45 bits per heavy atom. The van der Waals surface area contributed by atoms with Crippen molar-refractivity contribution in [3.05, 3.63) is 33.9 Å². The van der Waals surface area contributed by atoms with Gasteiger partial charge in [0.1, 0.15) is 0 Å². The average molecular weight is 277 g/mol. The van der Waals surface area contributed by atoms with Crippen LogP contribution in [0, 0.1) is 16.0 Å². The van der Waals surface area contributed by atoms with Crippen LogP contribution in [-0.2, 0) is 11.2 Å². The maximum atomic E-state index is 12.1. The van der Waals surface area contributed by atoms with Gasteiger partial charge in [-0.25, -0.2) is 0 Å². The van der Waals surface area contributed by atoms with Gasteiger partial charge in [-0.3, -0.25) is 14.9 Å². The quantitative estimate of drug-likeness (QED) is 0.652. The number of hydrogen-bond acceptors (Lipinski definition) is 4. The maximum Gasteiger partial charge on any atom is 0.274 e. The molecule has 0 bridgehead atoms. The highest BCUT2D eigenvalue weighted by atomic mass is 16.6. The zero-order valence-corrected chi connectivity index (χ0v) is 11.5. The molecule has 0 aromatic heterocycles. The van der Waals surface area contributed by atoms with Crippen LogP contribution in [0.3, 0.4) is 0 Å². The van der Waals surface area contributed by atoms with Crippen LogP contribution >= 0.6 is 0 Å². The number of amides is 1. The van der Waals surface area contributed by atoms with Gasteiger partial charge in [0.05, 0.1) is 4.92 Å². The molecule has 20 heavy (non-hydrogen) atoms. The Balaban J connectivity index is 2.10. The summed E-state index contributed by atoms with van der Waals surface area (Å²) in [5, 5.41) is 17.0. The Kier molecular flexibility index (Phi) is 4.68. The molecule has 0 spiro atoms. The molecular formula is C14H19N3O3. The Morgan fingerprint density at radius 2 is 2.15 bits per heavy atom. The van der Waals surface area contributed by atoms with E-state index in [9.17, 15) is 14.9 Å². The van der Waals surface area contributed by atoms with Crippen LogP contribution in [-0.4, -0.2) is 23.9 Å². The Labute approximate surface area is 117 Å². The van der Waals surface area contributed by atoms with E-state index >= 15 is 0 Å². The fourth-order valence-corrected chi connectivity index (χ4v) is 2.44. The van der Waals surface area contributed by atoms with Crippen molar-refractivity contribution in [2.24, 2.45) is 5.92 Å². The lowest BCUT2D eigenvalue weighted by Gasteiger charge is -2.21. The number of benzene rings is 1. The first kappa shape index (κ1) is 14.5. The summed E-state index contributed by atoms with van der Waals surface area (Å²) in [5.41, 5.74) is 1.24. The van der Waals surface area contributed by atoms with Gasteiger partial charge >= 0.3 is 0 Å². The van der Waals surface area contributed by atoms with Gasteiger partial charge in [-0.1, -0.05) is 13.0 Å². The molecule has 0 aliphatic carbocycles. The predicted octanol–water partition coefficient (Wildman–Crippen LogP) is 2.10. The minimum Gasteiger partial charge on any atom is -0.326 e. The third-order valence-electron chi connectivity index (χ3n) is 3.64. The predicted molar refractivity (Wildman–Crippen MR) is 76.7 cm³/mol. The third kappa shape index (κ3) is 3.33. The van der Waals surface area contributed by atoms with Crippen LogP contribution in [0.4, 0.5) is 11.4 Å². The van der Waals surface area contributed by atoms with E-state index in [1.807, 2.05) is 6.92 Å². The lowest BCUT2D eigenvalue weighted by Crippen LogP contribution is -2.34. The molecule has 1 fully saturated rings. The van der Waals surface area contributed by atoms with E-state index in [1.165, 1.54) is 6.07 Å². The van der Waals surface area contributed by atoms with Gasteiger partial charge in [0, 0.05) is 23.2 Å². The Morgan fingerprint density at radius 3 is 2.75 bits per heavy atom. The second-order valence-electron chi connectivity index (χ2n) is 4.97. The second-order valence-corrected chi connectivity index (χ2v) is 4.97. The van der Waals surface area contributed by atoms with E-state index in [2.05, 4.69) is 10.6 Å². The molecule has 2 N–H and O–H groups in total. The first-order valence-electron chi connectivity index (χ1n) is 6.90. The summed E-state index contributed by atoms with van der Waals surface area (Å²) in [7, 11) is 0. The van der Waals surface area contributed by atoms with Crippen LogP contribution in [0.25, 0.3) is 0 Å². The normalized spacial score (nSPS) is 15.8. The molecule has 0 saturated carbocycles. The molecule has 6 nitrogen and oxygen atoms in total. The zero-order valence-electron chi connectivity index (χ0n) is 11.5. The van der Waals surface area contributed by atoms with Crippen LogP contribution in [0.2, 0.25) is 0 Å². The summed E-state index contributed by atoms with van der Waals surface area (Å²) in [4.78, 5) is 22.7. The van der Waals surface area contributed by atoms with E-state index in [0.717, 1.165) is 25.9 Å². The number of piperidine rings is 1. The van der Waals surface area contributed by atoms with E-state index < -0.39 is 4.92 Å². The molecule has 1 saturated heterocycles. The van der Waals surface area contributed by atoms with Gasteiger partial charge in [-0.2, -0.15) is 0 Å². The highest BCUT2D eigenvalue weighted by molar-refractivity contribution is 5.93. The average Bonchev–Trinajstić information content (AvgIpc) is 2.48. The number of rotatable bonds is 4. The van der Waals surface area contributed by atoms with Crippen LogP contribution in [0.1, 0.15) is 25.3 Å². The Bertz CT molecular complexity index is 510. The molecule has 0 atom stereocenters. The lowest BCUT2D eigenvalue weighted by molar-refractivity contribution is -0.385. The molecule has 1 aliphatic heterocycles. The molecule has 1 heterocycles. The van der Waals surface area contributed by atoms with Crippen molar-refractivity contribution in [2.45, 2.75) is 26.2 Å². The summed E-state index contributed by atoms with van der Waals surface area (Å²) in [6.07, 6.45) is 2.21. The van der Waals surface area contributed by atoms with Gasteiger partial charge in [0.15, 0.2) is 0 Å². The van der Waals surface area contributed by atoms with Crippen molar-refractivity contribution in [1.82, 2.24) is 5.32 Å². The molecule has 1 aromatic rings. The second kappa shape index (κ2) is 6.47. The summed E-state index contributed by atoms with van der Waals surface area (Å²) in [5.74, 6) is -0.0637. The summed E-state index contributed by atoms with van der Waals surface area (Å²) < 4.78 is 0. The highest BCUT2D eigenvalue weighted by Gasteiger charge is 2.21. The van der Waals surface area contributed by atoms with Crippen molar-refractivity contribution in [3.8, 4) is 0 Å². The number of anilines is 1. The minimum absolute atomic E-state index is 0.0128. The van der Waals surface area contributed by atoms with Gasteiger partial charge < -0.3 is 10.6 Å². The monoisotopic (exact) mass is 277 g/mol. The van der Waals surface area contributed by atoms with Crippen molar-refractivity contribution in [1.29, 1.82) is 0 Å². The number of nitro benzene ring substituents is 1. The molecule has 108 valence electrons. The van der Waals surface area contributed by atoms with Crippen LogP contribution in [0.5, 0.6) is 0 Å². The van der Waals surface area contributed by atoms with Crippen LogP contribution < -0.4 is 10.6 Å². The maximum absolute atomic E-state index is 12.1. The first-order valence-corrected chi connectivity index (χ1v) is 6.90. The van der Waals surface area contributed by atoms with Crippen molar-refractivity contribution in [2.75, 3.05) is 18.4 Å². The fraction of sp³-hybridized carbons (Fsp3) is 0.500. The van der Waals surface area contributed by atoms with Crippen molar-refractivity contribution < 1.29 is 9.72 Å². The third-order valence-corrected chi connectivity index (χ3v) is 3.64. The molecule has 1 aliphatic rings. The molecule has 0 radical (unpaired) electrons. The number of hydrogen-bond donors (Lipinski definition) is 2. The van der Waals surface area contributed by atoms with Gasteiger partial charge in [-0.15, -0.1) is 0 Å². The highest BCUT2D eigenvalue weighted by Crippen LogP contribution is 2.24. The standard InChI is InChI=1S/C14H19N3O3/c1-2-10-3-4-12(9-13(10)17(19)20)16-14(18)11-5-7-15-8-6-11/h3-4,9,11,15H,2,5-8H2,1H3,(H,16,18). The number of carbonyl (C=O) groups excluding carboxylic acids is 1. The van der Waals surface area contributed by atoms with E-state index in [-0.39, 0.29) is 17.5 Å². The van der Waals surface area contributed by atoms with Crippen molar-refractivity contribution in [3.63, 3.8) is 0 Å². The molecular weight excluding hydrogens is 258 g/mol. The number of carbonyl (C=O) groups is 1. The number of nitrogens with zero attached hydrogens (tertiary/aromatic N) is 1. The molecule has 0 unspecified atom stereocenters. The molecule has 2 rings (SSSR count). The minimum atomic E-state index is -0.404. The van der Waals surface area contributed by atoms with Gasteiger partial charge in [0.25, 0.3) is 5.69 Å². The topological polar surface area (TPSA) is 84.3 Å². The van der Waals surface area contributed by atoms with Gasteiger partial charge in [0.2, 0.25) is 5.91 Å². The SMILES string of the molecule is CCc1ccc(NC(=O)C2CCNCC2)cc1[N+](=O)[O-]. The van der Waals surface area contributed by atoms with E-state index in [1.54, 1.807) is 12.1 Å². The van der Waals surface area contributed by atoms with Crippen LogP contribution in [0.15, 0.2) is 18.2 Å². The van der Waals surface area contributed by atoms with Crippen molar-refractivity contribution >= 4 is 17.3 Å². The largest absolute Gasteiger partial charge is 0.326 e. The smallest absolute Gasteiger partial charge is 0.274 e. The summed E-state index contributed by atoms with van der Waals surface area (Å²) in [6, 6.07) is 4.87. The summed E-state index contributed by atoms with van der Waals surface area (Å²) in [6.45, 7) is 3.55. The number of aryl methyl sites for hydroxylation is 1. The zero-order chi connectivity index (χ0) is 14.5. The fourth-order valence-electron chi connectivity index (χ4n) is 2.44. The van der Waals surface area contributed by atoms with Gasteiger partial charge in [-0.05, 0) is 38.4 Å². The number of nitro groups is 1. The van der Waals surface area contributed by atoms with E-state index in [0.29, 0.717) is 17.7 Å². The lowest BCUT2D eigenvalue weighted by atomic mass is 9.97. The Hall–Kier alpha value is -1.95. The molecule has 1 amide bonds. The molecule has 1 aromatic carbocycles. The molecule has 6 heteroatoms.